The van der Waals surface area contributed by atoms with Crippen LogP contribution in [-0.2, 0) is 4.79 Å². The lowest BCUT2D eigenvalue weighted by Crippen LogP contribution is -2.27. The monoisotopic (exact) mass is 294 g/mol. The molecule has 0 radical (unpaired) electrons. The molecule has 0 spiro atoms. The van der Waals surface area contributed by atoms with Gasteiger partial charge in [0.1, 0.15) is 5.75 Å². The minimum Gasteiger partial charge on any atom is -0.508 e. The smallest absolute Gasteiger partial charge is 0.293 e. The number of likely N-dealkylation sites (N-methyl/N-ethyl adjacent to an activating group) is 1. The first-order chi connectivity index (χ1) is 9.43. The van der Waals surface area contributed by atoms with E-state index in [9.17, 15) is 24.8 Å². The van der Waals surface area contributed by atoms with E-state index in [2.05, 4.69) is 0 Å². The Morgan fingerprint density at radius 3 is 2.70 bits per heavy atom. The van der Waals surface area contributed by atoms with Crippen molar-refractivity contribution in [3.05, 3.63) is 38.8 Å². The summed E-state index contributed by atoms with van der Waals surface area (Å²) in [5.41, 5.74) is -0.164. The molecule has 2 rings (SSSR count). The molecule has 0 unspecified atom stereocenters. The molecule has 1 fully saturated rings. The molecule has 7 nitrogen and oxygen atoms in total. The number of carbonyl (C=O) groups excluding carboxylic acids is 2. The standard InChI is InChI=1S/C12H10N2O5S/c1-2-13-11(16)10(20-12(13)17)6-7-5-8(15)3-4-9(7)14(18)19/h3-6,15H,2H2,1H3/b10-6+. The number of nitro groups is 1. The van der Waals surface area contributed by atoms with Gasteiger partial charge in [-0.25, -0.2) is 0 Å². The van der Waals surface area contributed by atoms with Crippen molar-refractivity contribution >= 4 is 34.7 Å². The molecule has 0 saturated carbocycles. The number of phenols is 1. The molecule has 20 heavy (non-hydrogen) atoms. The molecule has 1 aromatic carbocycles. The number of hydrogen-bond donors (Lipinski definition) is 1. The highest BCUT2D eigenvalue weighted by molar-refractivity contribution is 8.18. The predicted molar refractivity (Wildman–Crippen MR) is 73.1 cm³/mol. The van der Waals surface area contributed by atoms with Crippen molar-refractivity contribution < 1.29 is 19.6 Å². The van der Waals surface area contributed by atoms with Gasteiger partial charge < -0.3 is 5.11 Å². The average Bonchev–Trinajstić information content (AvgIpc) is 2.63. The van der Waals surface area contributed by atoms with Crippen molar-refractivity contribution in [2.75, 3.05) is 6.54 Å². The van der Waals surface area contributed by atoms with Gasteiger partial charge in [-0.05, 0) is 36.9 Å². The molecule has 2 amide bonds. The van der Waals surface area contributed by atoms with Crippen LogP contribution in [-0.4, -0.2) is 32.6 Å². The van der Waals surface area contributed by atoms with Gasteiger partial charge in [0.15, 0.2) is 0 Å². The summed E-state index contributed by atoms with van der Waals surface area (Å²) >= 11 is 0.722. The van der Waals surface area contributed by atoms with Gasteiger partial charge in [-0.1, -0.05) is 0 Å². The summed E-state index contributed by atoms with van der Waals surface area (Å²) in [7, 11) is 0. The van der Waals surface area contributed by atoms with Gasteiger partial charge >= 0.3 is 0 Å². The summed E-state index contributed by atoms with van der Waals surface area (Å²) in [5.74, 6) is -0.642. The van der Waals surface area contributed by atoms with Crippen LogP contribution in [0.1, 0.15) is 12.5 Å². The van der Waals surface area contributed by atoms with E-state index >= 15 is 0 Å². The van der Waals surface area contributed by atoms with Crippen molar-refractivity contribution in [2.24, 2.45) is 0 Å². The van der Waals surface area contributed by atoms with Crippen molar-refractivity contribution in [1.82, 2.24) is 4.90 Å². The minimum absolute atomic E-state index is 0.0802. The molecule has 0 aromatic heterocycles. The van der Waals surface area contributed by atoms with Crippen LogP contribution in [0.3, 0.4) is 0 Å². The SMILES string of the molecule is CCN1C(=O)S/C(=C/c2cc(O)ccc2[N+](=O)[O-])C1=O. The zero-order valence-electron chi connectivity index (χ0n) is 10.4. The Morgan fingerprint density at radius 1 is 1.45 bits per heavy atom. The summed E-state index contributed by atoms with van der Waals surface area (Å²) in [6, 6.07) is 3.51. The van der Waals surface area contributed by atoms with Crippen molar-refractivity contribution in [3.8, 4) is 5.75 Å². The number of nitrogens with zero attached hydrogens (tertiary/aromatic N) is 2. The molecular weight excluding hydrogens is 284 g/mol. The first-order valence-electron chi connectivity index (χ1n) is 5.66. The second-order valence-electron chi connectivity index (χ2n) is 3.93. The van der Waals surface area contributed by atoms with Crippen LogP contribution in [0, 0.1) is 10.1 Å². The van der Waals surface area contributed by atoms with E-state index in [0.717, 1.165) is 22.7 Å². The van der Waals surface area contributed by atoms with E-state index in [1.54, 1.807) is 6.92 Å². The molecule has 1 aliphatic rings. The minimum atomic E-state index is -0.616. The van der Waals surface area contributed by atoms with Crippen LogP contribution in [0.25, 0.3) is 6.08 Å². The number of hydrogen-bond acceptors (Lipinski definition) is 6. The van der Waals surface area contributed by atoms with Crippen LogP contribution < -0.4 is 0 Å². The Bertz CT molecular complexity index is 641. The zero-order valence-corrected chi connectivity index (χ0v) is 11.2. The van der Waals surface area contributed by atoms with E-state index in [0.29, 0.717) is 0 Å². The quantitative estimate of drug-likeness (QED) is 0.521. The first kappa shape index (κ1) is 14.1. The lowest BCUT2D eigenvalue weighted by molar-refractivity contribution is -0.385. The van der Waals surface area contributed by atoms with Crippen LogP contribution in [0.5, 0.6) is 5.75 Å². The number of rotatable bonds is 3. The zero-order chi connectivity index (χ0) is 14.9. The highest BCUT2D eigenvalue weighted by Gasteiger charge is 2.34. The fourth-order valence-electron chi connectivity index (χ4n) is 1.74. The van der Waals surface area contributed by atoms with E-state index in [4.69, 9.17) is 0 Å². The summed E-state index contributed by atoms with van der Waals surface area (Å²) in [5, 5.41) is 19.9. The Kier molecular flexibility index (Phi) is 3.75. The number of nitro benzene ring substituents is 1. The third kappa shape index (κ3) is 2.50. The fraction of sp³-hybridized carbons (Fsp3) is 0.167. The number of phenolic OH excluding ortho intramolecular Hbond substituents is 1. The highest BCUT2D eigenvalue weighted by Crippen LogP contribution is 2.34. The van der Waals surface area contributed by atoms with Gasteiger partial charge in [-0.15, -0.1) is 0 Å². The normalized spacial score (nSPS) is 17.1. The van der Waals surface area contributed by atoms with Crippen LogP contribution in [0.15, 0.2) is 23.1 Å². The lowest BCUT2D eigenvalue weighted by atomic mass is 10.1. The summed E-state index contributed by atoms with van der Waals surface area (Å²) in [6.45, 7) is 1.90. The summed E-state index contributed by atoms with van der Waals surface area (Å²) in [6.07, 6.45) is 1.25. The Hall–Kier alpha value is -2.35. The number of amides is 2. The number of aromatic hydroxyl groups is 1. The van der Waals surface area contributed by atoms with E-state index in [1.807, 2.05) is 0 Å². The molecule has 1 saturated heterocycles. The Morgan fingerprint density at radius 2 is 2.15 bits per heavy atom. The van der Waals surface area contributed by atoms with Gasteiger partial charge in [-0.2, -0.15) is 0 Å². The molecule has 104 valence electrons. The average molecular weight is 294 g/mol. The van der Waals surface area contributed by atoms with Crippen LogP contribution in [0.2, 0.25) is 0 Å². The number of imide groups is 1. The van der Waals surface area contributed by atoms with Crippen molar-refractivity contribution in [3.63, 3.8) is 0 Å². The van der Waals surface area contributed by atoms with E-state index in [-0.39, 0.29) is 28.5 Å². The predicted octanol–water partition coefficient (Wildman–Crippen LogP) is 2.36. The molecule has 1 heterocycles. The number of carbonyl (C=O) groups is 2. The maximum absolute atomic E-state index is 11.9. The third-order valence-corrected chi connectivity index (χ3v) is 3.59. The number of benzene rings is 1. The van der Waals surface area contributed by atoms with Gasteiger partial charge in [0.2, 0.25) is 0 Å². The maximum Gasteiger partial charge on any atom is 0.293 e. The van der Waals surface area contributed by atoms with Crippen molar-refractivity contribution in [1.29, 1.82) is 0 Å². The third-order valence-electron chi connectivity index (χ3n) is 2.68. The van der Waals surface area contributed by atoms with Crippen LogP contribution in [0.4, 0.5) is 10.5 Å². The summed E-state index contributed by atoms with van der Waals surface area (Å²) in [4.78, 5) is 34.9. The molecule has 0 aliphatic carbocycles. The molecule has 1 aromatic rings. The molecule has 0 atom stereocenters. The molecule has 1 aliphatic heterocycles. The van der Waals surface area contributed by atoms with Gasteiger partial charge in [-0.3, -0.25) is 24.6 Å². The van der Waals surface area contributed by atoms with E-state index < -0.39 is 16.1 Å². The second-order valence-corrected chi connectivity index (χ2v) is 4.92. The van der Waals surface area contributed by atoms with Gasteiger partial charge in [0.25, 0.3) is 16.8 Å². The fourth-order valence-corrected chi connectivity index (χ4v) is 2.63. The van der Waals surface area contributed by atoms with Gasteiger partial charge in [0, 0.05) is 12.6 Å². The topological polar surface area (TPSA) is 101 Å². The van der Waals surface area contributed by atoms with Crippen LogP contribution >= 0.6 is 11.8 Å². The second kappa shape index (κ2) is 5.33. The highest BCUT2D eigenvalue weighted by atomic mass is 32.2. The molecule has 0 bridgehead atoms. The lowest BCUT2D eigenvalue weighted by Gasteiger charge is -2.07. The summed E-state index contributed by atoms with van der Waals surface area (Å²) < 4.78 is 0. The molecular formula is C12H10N2O5S. The largest absolute Gasteiger partial charge is 0.508 e. The Labute approximate surface area is 118 Å². The Balaban J connectivity index is 2.46. The van der Waals surface area contributed by atoms with E-state index in [1.165, 1.54) is 18.2 Å². The molecule has 8 heteroatoms. The molecule has 1 N–H and O–H groups in total. The maximum atomic E-state index is 11.9. The van der Waals surface area contributed by atoms with Gasteiger partial charge in [0.05, 0.1) is 15.4 Å². The van der Waals surface area contributed by atoms with Crippen molar-refractivity contribution in [2.45, 2.75) is 6.92 Å². The first-order valence-corrected chi connectivity index (χ1v) is 6.48. The number of thioether (sulfide) groups is 1.